The molecule has 0 saturated carbocycles. The first-order chi connectivity index (χ1) is 17.5. The summed E-state index contributed by atoms with van der Waals surface area (Å²) in [5.41, 5.74) is 4.64. The summed E-state index contributed by atoms with van der Waals surface area (Å²) < 4.78 is 0. The van der Waals surface area contributed by atoms with Crippen LogP contribution in [-0.4, -0.2) is 22.1 Å². The molecule has 0 aliphatic heterocycles. The number of aryl methyl sites for hydroxylation is 1. The number of aromatic carboxylic acids is 1. The molecule has 0 atom stereocenters. The molecule has 3 rings (SSSR count). The number of carbonyl (C=O) groups excluding carboxylic acids is 1. The Morgan fingerprint density at radius 2 is 1.73 bits per heavy atom. The number of hydrogen-bond acceptors (Lipinski definition) is 3. The minimum absolute atomic E-state index is 0.137. The van der Waals surface area contributed by atoms with Crippen molar-refractivity contribution in [3.05, 3.63) is 82.9 Å². The van der Waals surface area contributed by atoms with Gasteiger partial charge in [-0.3, -0.25) is 4.79 Å². The third kappa shape index (κ3) is 7.01. The van der Waals surface area contributed by atoms with Gasteiger partial charge in [0.1, 0.15) is 11.3 Å². The Morgan fingerprint density at radius 3 is 2.30 bits per heavy atom. The quantitative estimate of drug-likeness (QED) is 0.311. The Labute approximate surface area is 219 Å². The highest BCUT2D eigenvalue weighted by molar-refractivity contribution is 5.96. The first kappa shape index (κ1) is 27.5. The van der Waals surface area contributed by atoms with Gasteiger partial charge in [0.15, 0.2) is 0 Å². The second-order valence-corrected chi connectivity index (χ2v) is 10.5. The molecule has 3 aromatic carbocycles. The summed E-state index contributed by atoms with van der Waals surface area (Å²) in [4.78, 5) is 26.5. The first-order valence-corrected chi connectivity index (χ1v) is 12.6. The second-order valence-electron chi connectivity index (χ2n) is 10.5. The van der Waals surface area contributed by atoms with E-state index < -0.39 is 5.97 Å². The van der Waals surface area contributed by atoms with Crippen LogP contribution in [0.15, 0.2) is 60.7 Å². The summed E-state index contributed by atoms with van der Waals surface area (Å²) in [6.45, 7) is 8.34. The Bertz CT molecular complexity index is 1310. The maximum absolute atomic E-state index is 13.5. The molecule has 0 heterocycles. The molecule has 5 nitrogen and oxygen atoms in total. The van der Waals surface area contributed by atoms with E-state index in [1.165, 1.54) is 17.7 Å². The van der Waals surface area contributed by atoms with Crippen LogP contribution >= 0.6 is 0 Å². The second kappa shape index (κ2) is 11.8. The zero-order valence-corrected chi connectivity index (χ0v) is 22.0. The number of rotatable bonds is 9. The van der Waals surface area contributed by atoms with Crippen LogP contribution in [0.25, 0.3) is 11.1 Å². The molecule has 0 aliphatic rings. The summed E-state index contributed by atoms with van der Waals surface area (Å²) in [7, 11) is 0. The lowest BCUT2D eigenvalue weighted by atomic mass is 9.90. The number of amides is 1. The van der Waals surface area contributed by atoms with Crippen molar-refractivity contribution in [2.75, 3.05) is 4.90 Å². The standard InChI is InChI=1S/C32H35NO4/c1-6-8-10-22-13-15-24(16-14-22)30-23(7-2)11-9-12-25(30)21-33(29(35)20-32(3,4)5)26-17-18-27(31(36)37)28(34)19-26/h2,9,11-19,34H,6,8,10,20-21H2,1,3-5H3,(H,36,37). The SMILES string of the molecule is C#Cc1cccc(CN(C(=O)CC(C)(C)C)c2ccc(C(=O)O)c(O)c2)c1-c1ccc(CCCC)cc1. The van der Waals surface area contributed by atoms with E-state index in [9.17, 15) is 19.8 Å². The molecule has 0 radical (unpaired) electrons. The fourth-order valence-electron chi connectivity index (χ4n) is 4.32. The van der Waals surface area contributed by atoms with Gasteiger partial charge in [-0.05, 0) is 53.1 Å². The molecular formula is C32H35NO4. The van der Waals surface area contributed by atoms with Crippen molar-refractivity contribution in [3.8, 4) is 29.2 Å². The summed E-state index contributed by atoms with van der Waals surface area (Å²) >= 11 is 0. The minimum Gasteiger partial charge on any atom is -0.507 e. The molecular weight excluding hydrogens is 462 g/mol. The van der Waals surface area contributed by atoms with Gasteiger partial charge in [-0.25, -0.2) is 4.79 Å². The van der Waals surface area contributed by atoms with Crippen molar-refractivity contribution < 1.29 is 19.8 Å². The van der Waals surface area contributed by atoms with Crippen molar-refractivity contribution in [1.82, 2.24) is 0 Å². The third-order valence-corrected chi connectivity index (χ3v) is 6.20. The number of carbonyl (C=O) groups is 2. The van der Waals surface area contributed by atoms with Gasteiger partial charge in [0.25, 0.3) is 0 Å². The van der Waals surface area contributed by atoms with E-state index in [0.717, 1.165) is 41.5 Å². The molecule has 0 aromatic heterocycles. The molecule has 0 aliphatic carbocycles. The number of terminal acetylenes is 1. The van der Waals surface area contributed by atoms with Crippen molar-refractivity contribution in [1.29, 1.82) is 0 Å². The highest BCUT2D eigenvalue weighted by atomic mass is 16.4. The van der Waals surface area contributed by atoms with Crippen molar-refractivity contribution in [2.24, 2.45) is 5.41 Å². The number of nitrogens with zero attached hydrogens (tertiary/aromatic N) is 1. The molecule has 1 amide bonds. The fourth-order valence-corrected chi connectivity index (χ4v) is 4.32. The van der Waals surface area contributed by atoms with Gasteiger partial charge in [0, 0.05) is 29.3 Å². The Morgan fingerprint density at radius 1 is 1.03 bits per heavy atom. The van der Waals surface area contributed by atoms with E-state index in [0.29, 0.717) is 5.69 Å². The number of benzene rings is 3. The van der Waals surface area contributed by atoms with E-state index in [4.69, 9.17) is 6.42 Å². The largest absolute Gasteiger partial charge is 0.507 e. The molecule has 192 valence electrons. The Hall–Kier alpha value is -4.04. The Kier molecular flexibility index (Phi) is 8.78. The van der Waals surface area contributed by atoms with Crippen LogP contribution in [0.2, 0.25) is 0 Å². The third-order valence-electron chi connectivity index (χ3n) is 6.20. The molecule has 37 heavy (non-hydrogen) atoms. The van der Waals surface area contributed by atoms with Gasteiger partial charge in [0.05, 0.1) is 6.54 Å². The smallest absolute Gasteiger partial charge is 0.339 e. The van der Waals surface area contributed by atoms with E-state index in [-0.39, 0.29) is 35.6 Å². The average Bonchev–Trinajstić information content (AvgIpc) is 2.84. The van der Waals surface area contributed by atoms with Crippen molar-refractivity contribution in [3.63, 3.8) is 0 Å². The summed E-state index contributed by atoms with van der Waals surface area (Å²) in [5.74, 6) is 1.02. The maximum atomic E-state index is 13.5. The van der Waals surface area contributed by atoms with Gasteiger partial charge in [-0.1, -0.05) is 76.4 Å². The molecule has 0 bridgehead atoms. The minimum atomic E-state index is -1.23. The molecule has 0 fully saturated rings. The zero-order valence-electron chi connectivity index (χ0n) is 22.0. The van der Waals surface area contributed by atoms with Crippen molar-refractivity contribution >= 4 is 17.6 Å². The number of phenols is 1. The lowest BCUT2D eigenvalue weighted by molar-refractivity contribution is -0.120. The number of carboxylic acids is 1. The van der Waals surface area contributed by atoms with E-state index >= 15 is 0 Å². The predicted octanol–water partition coefficient (Wildman–Crippen LogP) is 7.05. The highest BCUT2D eigenvalue weighted by Crippen LogP contribution is 2.33. The monoisotopic (exact) mass is 497 g/mol. The van der Waals surface area contributed by atoms with Crippen LogP contribution in [0.4, 0.5) is 5.69 Å². The van der Waals surface area contributed by atoms with Crippen molar-refractivity contribution in [2.45, 2.75) is 59.9 Å². The van der Waals surface area contributed by atoms with Crippen LogP contribution in [0.1, 0.15) is 74.0 Å². The van der Waals surface area contributed by atoms with Crippen LogP contribution in [0.5, 0.6) is 5.75 Å². The molecule has 0 unspecified atom stereocenters. The number of aromatic hydroxyl groups is 1. The van der Waals surface area contributed by atoms with Crippen LogP contribution in [-0.2, 0) is 17.8 Å². The summed E-state index contributed by atoms with van der Waals surface area (Å²) in [5, 5.41) is 19.7. The number of carboxylic acid groups (broad SMARTS) is 1. The van der Waals surface area contributed by atoms with Gasteiger partial charge < -0.3 is 15.1 Å². The normalized spacial score (nSPS) is 11.1. The lowest BCUT2D eigenvalue weighted by Crippen LogP contribution is -2.33. The number of unbranched alkanes of at least 4 members (excludes halogenated alkanes) is 1. The van der Waals surface area contributed by atoms with Gasteiger partial charge >= 0.3 is 5.97 Å². The average molecular weight is 498 g/mol. The van der Waals surface area contributed by atoms with E-state index in [1.807, 2.05) is 39.0 Å². The predicted molar refractivity (Wildman–Crippen MR) is 149 cm³/mol. The lowest BCUT2D eigenvalue weighted by Gasteiger charge is -2.28. The van der Waals surface area contributed by atoms with E-state index in [1.54, 1.807) is 11.0 Å². The molecule has 3 aromatic rings. The molecule has 5 heteroatoms. The van der Waals surface area contributed by atoms with Crippen LogP contribution in [0, 0.1) is 17.8 Å². The maximum Gasteiger partial charge on any atom is 0.339 e. The summed E-state index contributed by atoms with van der Waals surface area (Å²) in [6, 6.07) is 18.3. The molecule has 0 spiro atoms. The summed E-state index contributed by atoms with van der Waals surface area (Å²) in [6.07, 6.45) is 9.43. The van der Waals surface area contributed by atoms with Gasteiger partial charge in [-0.15, -0.1) is 6.42 Å². The van der Waals surface area contributed by atoms with Gasteiger partial charge in [-0.2, -0.15) is 0 Å². The fraction of sp³-hybridized carbons (Fsp3) is 0.312. The topological polar surface area (TPSA) is 77.8 Å². The van der Waals surface area contributed by atoms with Gasteiger partial charge in [0.2, 0.25) is 5.91 Å². The van der Waals surface area contributed by atoms with Crippen LogP contribution in [0.3, 0.4) is 0 Å². The number of hydrogen-bond donors (Lipinski definition) is 2. The zero-order chi connectivity index (χ0) is 27.2. The first-order valence-electron chi connectivity index (χ1n) is 12.6. The highest BCUT2D eigenvalue weighted by Gasteiger charge is 2.25. The van der Waals surface area contributed by atoms with E-state index in [2.05, 4.69) is 37.1 Å². The Balaban J connectivity index is 2.08. The number of anilines is 1. The van der Waals surface area contributed by atoms with Crippen LogP contribution < -0.4 is 4.90 Å². The molecule has 2 N–H and O–H groups in total. The molecule has 0 saturated heterocycles.